The molecular weight excluding hydrogens is 525 g/mol. The number of anilines is 1. The smallest absolute Gasteiger partial charge is 0.179 e. The van der Waals surface area contributed by atoms with Crippen LogP contribution in [0.25, 0.3) is 11.3 Å². The van der Waals surface area contributed by atoms with Crippen molar-refractivity contribution in [2.24, 2.45) is 0 Å². The summed E-state index contributed by atoms with van der Waals surface area (Å²) in [6.07, 6.45) is 3.99. The van der Waals surface area contributed by atoms with Crippen LogP contribution >= 0.6 is 0 Å². The molecule has 0 radical (unpaired) electrons. The lowest BCUT2D eigenvalue weighted by Crippen LogP contribution is -2.50. The van der Waals surface area contributed by atoms with Gasteiger partial charge in [-0.1, -0.05) is 19.1 Å². The highest BCUT2D eigenvalue weighted by Crippen LogP contribution is 2.43. The minimum atomic E-state index is -0.647. The first kappa shape index (κ1) is 29.4. The van der Waals surface area contributed by atoms with E-state index in [1.165, 1.54) is 12.1 Å². The molecule has 2 unspecified atom stereocenters. The molecule has 0 spiro atoms. The zero-order valence-corrected chi connectivity index (χ0v) is 25.2. The summed E-state index contributed by atoms with van der Waals surface area (Å²) in [6, 6.07) is 8.45. The number of piperidine rings is 1. The molecule has 0 N–H and O–H groups in total. The Bertz CT molecular complexity index is 1440. The zero-order chi connectivity index (χ0) is 29.7. The highest BCUT2D eigenvalue weighted by molar-refractivity contribution is 5.72. The predicted molar refractivity (Wildman–Crippen MR) is 157 cm³/mol. The molecule has 3 aromatic rings. The van der Waals surface area contributed by atoms with E-state index in [-0.39, 0.29) is 41.2 Å². The van der Waals surface area contributed by atoms with Crippen LogP contribution in [0.1, 0.15) is 83.7 Å². The van der Waals surface area contributed by atoms with Crippen molar-refractivity contribution in [3.8, 4) is 17.0 Å². The van der Waals surface area contributed by atoms with E-state index in [1.54, 1.807) is 6.07 Å². The summed E-state index contributed by atoms with van der Waals surface area (Å²) in [5.74, 6) is -0.779. The number of aromatic nitrogens is 2. The highest BCUT2D eigenvalue weighted by atomic mass is 19.1. The lowest BCUT2D eigenvalue weighted by molar-refractivity contribution is 0.0933. The Balaban J connectivity index is 1.43. The second kappa shape index (κ2) is 10.9. The molecule has 8 heteroatoms. The van der Waals surface area contributed by atoms with Crippen molar-refractivity contribution in [1.29, 1.82) is 0 Å². The number of hydrogen-bond donors (Lipinski definition) is 0. The monoisotopic (exact) mass is 566 g/mol. The van der Waals surface area contributed by atoms with Gasteiger partial charge in [0.2, 0.25) is 0 Å². The van der Waals surface area contributed by atoms with Crippen molar-refractivity contribution in [3.05, 3.63) is 70.9 Å². The van der Waals surface area contributed by atoms with Crippen LogP contribution in [0.4, 0.5) is 18.9 Å². The van der Waals surface area contributed by atoms with Crippen molar-refractivity contribution < 1.29 is 17.9 Å². The normalized spacial score (nSPS) is 20.8. The summed E-state index contributed by atoms with van der Waals surface area (Å²) in [5.41, 5.74) is 1.78. The molecule has 2 aliphatic heterocycles. The Labute approximate surface area is 241 Å². The van der Waals surface area contributed by atoms with Crippen molar-refractivity contribution in [1.82, 2.24) is 14.9 Å². The topological polar surface area (TPSA) is 41.5 Å². The lowest BCUT2D eigenvalue weighted by atomic mass is 9.79. The number of halogens is 3. The number of likely N-dealkylation sites (tertiary alicyclic amines) is 1. The number of nitrogens with zero attached hydrogens (tertiary/aromatic N) is 4. The van der Waals surface area contributed by atoms with E-state index in [2.05, 4.69) is 54.5 Å². The first-order chi connectivity index (χ1) is 19.3. The summed E-state index contributed by atoms with van der Waals surface area (Å²) in [5, 5.41) is 0. The van der Waals surface area contributed by atoms with Crippen LogP contribution < -0.4 is 9.64 Å². The van der Waals surface area contributed by atoms with Gasteiger partial charge in [-0.2, -0.15) is 0 Å². The summed E-state index contributed by atoms with van der Waals surface area (Å²) < 4.78 is 51.8. The molecule has 1 fully saturated rings. The standard InChI is InChI=1S/C33H41F3N4O/c1-8-20(2)40-19-33(5,6)41-31-26(35)15-23(16-28(31)40)30-27(36)18-37-29(38-30)14-21-9-10-24(25(34)13-21)22-11-12-39(7)32(3,4)17-22/h9-10,13,15-16,18,20,22H,8,11-12,14,17,19H2,1-7H3. The molecule has 3 heterocycles. The van der Waals surface area contributed by atoms with Gasteiger partial charge in [-0.05, 0) is 103 Å². The van der Waals surface area contributed by atoms with Gasteiger partial charge in [0.15, 0.2) is 17.4 Å². The third-order valence-corrected chi connectivity index (χ3v) is 8.91. The quantitative estimate of drug-likeness (QED) is 0.309. The Kier molecular flexibility index (Phi) is 7.83. The van der Waals surface area contributed by atoms with Gasteiger partial charge >= 0.3 is 0 Å². The van der Waals surface area contributed by atoms with E-state index in [9.17, 15) is 0 Å². The molecule has 5 nitrogen and oxygen atoms in total. The predicted octanol–water partition coefficient (Wildman–Crippen LogP) is 7.52. The third kappa shape index (κ3) is 5.94. The second-order valence-corrected chi connectivity index (χ2v) is 13.0. The summed E-state index contributed by atoms with van der Waals surface area (Å²) in [7, 11) is 2.11. The van der Waals surface area contributed by atoms with Crippen LogP contribution in [0, 0.1) is 17.5 Å². The largest absolute Gasteiger partial charge is 0.481 e. The van der Waals surface area contributed by atoms with Gasteiger partial charge in [0.25, 0.3) is 0 Å². The maximum absolute atomic E-state index is 15.4. The number of fused-ring (bicyclic) bond motifs is 1. The molecule has 1 aromatic heterocycles. The molecule has 2 atom stereocenters. The fraction of sp³-hybridized carbons (Fsp3) is 0.515. The summed E-state index contributed by atoms with van der Waals surface area (Å²) in [6.45, 7) is 13.9. The number of ether oxygens (including phenoxy) is 1. The van der Waals surface area contributed by atoms with Gasteiger partial charge in [0, 0.05) is 23.6 Å². The van der Waals surface area contributed by atoms with Crippen molar-refractivity contribution >= 4 is 5.69 Å². The molecule has 0 aliphatic carbocycles. The highest BCUT2D eigenvalue weighted by Gasteiger charge is 2.36. The van der Waals surface area contributed by atoms with Gasteiger partial charge in [0.05, 0.1) is 18.4 Å². The fourth-order valence-electron chi connectivity index (χ4n) is 6.11. The van der Waals surface area contributed by atoms with Crippen LogP contribution in [0.2, 0.25) is 0 Å². The van der Waals surface area contributed by atoms with Gasteiger partial charge in [-0.3, -0.25) is 0 Å². The molecule has 2 aromatic carbocycles. The SMILES string of the molecule is CCC(C)N1CC(C)(C)Oc2c(F)cc(-c3nc(Cc4ccc(C5CCN(C)C(C)(C)C5)c(F)c4)ncc3F)cc21. The van der Waals surface area contributed by atoms with Crippen LogP contribution in [0.5, 0.6) is 5.75 Å². The van der Waals surface area contributed by atoms with Crippen molar-refractivity contribution in [2.45, 2.75) is 90.3 Å². The summed E-state index contributed by atoms with van der Waals surface area (Å²) >= 11 is 0. The maximum atomic E-state index is 15.4. The molecule has 1 saturated heterocycles. The van der Waals surface area contributed by atoms with Gasteiger partial charge in [-0.15, -0.1) is 0 Å². The van der Waals surface area contributed by atoms with Crippen LogP contribution in [0.15, 0.2) is 36.5 Å². The molecule has 0 amide bonds. The van der Waals surface area contributed by atoms with Gasteiger partial charge in [0.1, 0.15) is 22.9 Å². The van der Waals surface area contributed by atoms with Crippen LogP contribution in [-0.4, -0.2) is 52.2 Å². The number of hydrogen-bond acceptors (Lipinski definition) is 5. The maximum Gasteiger partial charge on any atom is 0.179 e. The van der Waals surface area contributed by atoms with E-state index in [0.29, 0.717) is 29.2 Å². The Morgan fingerprint density at radius 2 is 1.80 bits per heavy atom. The van der Waals surface area contributed by atoms with E-state index >= 15 is 13.2 Å². The lowest BCUT2D eigenvalue weighted by Gasteiger charge is -2.44. The first-order valence-electron chi connectivity index (χ1n) is 14.6. The van der Waals surface area contributed by atoms with Gasteiger partial charge < -0.3 is 14.5 Å². The minimum absolute atomic E-state index is 0.0104. The Morgan fingerprint density at radius 1 is 1.05 bits per heavy atom. The number of rotatable bonds is 6. The second-order valence-electron chi connectivity index (χ2n) is 13.0. The molecule has 2 aliphatic rings. The van der Waals surface area contributed by atoms with E-state index in [0.717, 1.165) is 37.6 Å². The average molecular weight is 567 g/mol. The molecular formula is C33H41F3N4O. The van der Waals surface area contributed by atoms with E-state index in [1.807, 2.05) is 26.0 Å². The molecule has 41 heavy (non-hydrogen) atoms. The van der Waals surface area contributed by atoms with Crippen LogP contribution in [0.3, 0.4) is 0 Å². The zero-order valence-electron chi connectivity index (χ0n) is 25.2. The van der Waals surface area contributed by atoms with Crippen LogP contribution in [-0.2, 0) is 6.42 Å². The third-order valence-electron chi connectivity index (χ3n) is 8.91. The van der Waals surface area contributed by atoms with Gasteiger partial charge in [-0.25, -0.2) is 23.1 Å². The number of benzene rings is 2. The first-order valence-corrected chi connectivity index (χ1v) is 14.6. The molecule has 0 saturated carbocycles. The fourth-order valence-corrected chi connectivity index (χ4v) is 6.11. The van der Waals surface area contributed by atoms with Crippen molar-refractivity contribution in [3.63, 3.8) is 0 Å². The summed E-state index contributed by atoms with van der Waals surface area (Å²) in [4.78, 5) is 13.1. The van der Waals surface area contributed by atoms with E-state index in [4.69, 9.17) is 4.74 Å². The molecule has 0 bridgehead atoms. The molecule has 5 rings (SSSR count). The minimum Gasteiger partial charge on any atom is -0.481 e. The Hall–Kier alpha value is -3.13. The van der Waals surface area contributed by atoms with E-state index < -0.39 is 17.2 Å². The van der Waals surface area contributed by atoms with Crippen molar-refractivity contribution in [2.75, 3.05) is 25.0 Å². The Morgan fingerprint density at radius 3 is 2.49 bits per heavy atom. The average Bonchev–Trinajstić information content (AvgIpc) is 2.90. The molecule has 220 valence electrons.